The van der Waals surface area contributed by atoms with Gasteiger partial charge in [0.1, 0.15) is 11.0 Å². The van der Waals surface area contributed by atoms with Crippen LogP contribution < -0.4 is 10.2 Å². The van der Waals surface area contributed by atoms with Gasteiger partial charge in [0.25, 0.3) is 5.91 Å². The van der Waals surface area contributed by atoms with Crippen LogP contribution in [0, 0.1) is 0 Å². The van der Waals surface area contributed by atoms with Crippen LogP contribution in [0.5, 0.6) is 0 Å². The zero-order valence-electron chi connectivity index (χ0n) is 21.6. The maximum absolute atomic E-state index is 12.3. The molecule has 0 atom stereocenters. The van der Waals surface area contributed by atoms with E-state index in [0.29, 0.717) is 28.2 Å². The number of carbonyl (C=O) groups is 1. The summed E-state index contributed by atoms with van der Waals surface area (Å²) < 4.78 is 0. The fourth-order valence-corrected chi connectivity index (χ4v) is 5.02. The highest BCUT2D eigenvalue weighted by atomic mass is 35.5. The van der Waals surface area contributed by atoms with Crippen molar-refractivity contribution in [3.05, 3.63) is 118 Å². The minimum Gasteiger partial charge on any atom is -0.352 e. The van der Waals surface area contributed by atoms with Crippen LogP contribution in [0.1, 0.15) is 46.8 Å². The van der Waals surface area contributed by atoms with Crippen LogP contribution in [-0.4, -0.2) is 29.0 Å². The van der Waals surface area contributed by atoms with Crippen LogP contribution in [-0.2, 0) is 18.7 Å². The van der Waals surface area contributed by atoms with Gasteiger partial charge in [-0.2, -0.15) is 0 Å². The van der Waals surface area contributed by atoms with Gasteiger partial charge in [0, 0.05) is 37.0 Å². The summed E-state index contributed by atoms with van der Waals surface area (Å²) in [4.78, 5) is 23.9. The number of carbonyl (C=O) groups excluding carboxylic acids is 1. The first-order chi connectivity index (χ1) is 18.6. The van der Waals surface area contributed by atoms with Gasteiger partial charge in [-0.25, -0.2) is 9.97 Å². The first-order valence-electron chi connectivity index (χ1n) is 13.0. The molecular weight excluding hydrogens is 512 g/mol. The number of nitrogens with zero attached hydrogens (tertiary/aromatic N) is 3. The lowest BCUT2D eigenvalue weighted by atomic mass is 10.1. The molecule has 4 aromatic rings. The van der Waals surface area contributed by atoms with Gasteiger partial charge in [-0.05, 0) is 41.7 Å². The number of hydrogen-bond acceptors (Lipinski definition) is 5. The molecule has 0 aliphatic heterocycles. The van der Waals surface area contributed by atoms with Gasteiger partial charge in [-0.1, -0.05) is 110 Å². The minimum atomic E-state index is -0.0329. The average Bonchev–Trinajstić information content (AvgIpc) is 2.95. The van der Waals surface area contributed by atoms with E-state index in [9.17, 15) is 4.79 Å². The zero-order valence-corrected chi connectivity index (χ0v) is 23.2. The smallest absolute Gasteiger partial charge is 0.251 e. The Morgan fingerprint density at radius 2 is 1.58 bits per heavy atom. The van der Waals surface area contributed by atoms with Crippen molar-refractivity contribution in [2.75, 3.05) is 18.0 Å². The largest absolute Gasteiger partial charge is 0.352 e. The Morgan fingerprint density at radius 1 is 0.895 bits per heavy atom. The second-order valence-corrected chi connectivity index (χ2v) is 10.4. The Bertz CT molecular complexity index is 1290. The summed E-state index contributed by atoms with van der Waals surface area (Å²) in [6.45, 7) is 4.34. The summed E-state index contributed by atoms with van der Waals surface area (Å²) >= 11 is 8.01. The van der Waals surface area contributed by atoms with Gasteiger partial charge in [0.15, 0.2) is 5.16 Å². The topological polar surface area (TPSA) is 58.1 Å². The van der Waals surface area contributed by atoms with Crippen molar-refractivity contribution < 1.29 is 4.79 Å². The van der Waals surface area contributed by atoms with Crippen LogP contribution >= 0.6 is 23.4 Å². The molecule has 1 heterocycles. The molecule has 4 rings (SSSR count). The second-order valence-electron chi connectivity index (χ2n) is 9.07. The maximum atomic E-state index is 12.3. The van der Waals surface area contributed by atoms with E-state index >= 15 is 0 Å². The number of rotatable bonds is 13. The van der Waals surface area contributed by atoms with Crippen LogP contribution in [0.4, 0.5) is 5.82 Å². The first kappa shape index (κ1) is 27.7. The molecule has 0 aliphatic rings. The predicted octanol–water partition coefficient (Wildman–Crippen LogP) is 7.20. The number of aromatic nitrogens is 2. The second kappa shape index (κ2) is 14.6. The molecule has 0 saturated carbocycles. The Morgan fingerprint density at radius 3 is 2.26 bits per heavy atom. The van der Waals surface area contributed by atoms with E-state index in [1.807, 2.05) is 42.5 Å². The van der Waals surface area contributed by atoms with Crippen molar-refractivity contribution in [2.45, 2.75) is 43.6 Å². The number of benzene rings is 3. The van der Waals surface area contributed by atoms with Gasteiger partial charge < -0.3 is 10.2 Å². The van der Waals surface area contributed by atoms with Crippen molar-refractivity contribution in [3.8, 4) is 0 Å². The van der Waals surface area contributed by atoms with Gasteiger partial charge in [0.05, 0.1) is 0 Å². The molecule has 5 nitrogen and oxygen atoms in total. The number of halogens is 1. The van der Waals surface area contributed by atoms with E-state index in [-0.39, 0.29) is 5.91 Å². The molecule has 38 heavy (non-hydrogen) atoms. The number of amides is 1. The summed E-state index contributed by atoms with van der Waals surface area (Å²) in [5.41, 5.74) is 4.26. The van der Waals surface area contributed by atoms with Crippen molar-refractivity contribution in [1.82, 2.24) is 15.3 Å². The lowest BCUT2D eigenvalue weighted by Gasteiger charge is -2.24. The lowest BCUT2D eigenvalue weighted by molar-refractivity contribution is 0.0953. The number of thioether (sulfide) groups is 1. The van der Waals surface area contributed by atoms with E-state index in [0.717, 1.165) is 43.7 Å². The highest BCUT2D eigenvalue weighted by Gasteiger charge is 2.14. The third-order valence-corrected chi connectivity index (χ3v) is 7.23. The normalized spacial score (nSPS) is 10.8. The maximum Gasteiger partial charge on any atom is 0.251 e. The number of hydrogen-bond donors (Lipinski definition) is 1. The standard InChI is InChI=1S/C31H33ClN4OS/c1-2-3-19-33-30(37)27-16-14-26(15-17-27)23-38-31-34-28(32)21-29(35-31)36(22-25-12-8-5-9-13-25)20-18-24-10-6-4-7-11-24/h4-17,21H,2-3,18-20,22-23H2,1H3,(H,33,37). The fraction of sp³-hybridized carbons (Fsp3) is 0.258. The van der Waals surface area contributed by atoms with Gasteiger partial charge in [-0.3, -0.25) is 4.79 Å². The molecule has 196 valence electrons. The molecule has 0 bridgehead atoms. The SMILES string of the molecule is CCCCNC(=O)c1ccc(CSc2nc(Cl)cc(N(CCc3ccccc3)Cc3ccccc3)n2)cc1. The molecule has 7 heteroatoms. The Kier molecular flexibility index (Phi) is 10.6. The molecular formula is C31H33ClN4OS. The summed E-state index contributed by atoms with van der Waals surface area (Å²) in [5, 5.41) is 4.01. The number of nitrogens with one attached hydrogen (secondary N) is 1. The third kappa shape index (κ3) is 8.61. The monoisotopic (exact) mass is 544 g/mol. The molecule has 3 aromatic carbocycles. The summed E-state index contributed by atoms with van der Waals surface area (Å²) in [5.74, 6) is 1.46. The number of anilines is 1. The number of unbranched alkanes of at least 4 members (excludes halogenated alkanes) is 1. The van der Waals surface area contributed by atoms with Gasteiger partial charge >= 0.3 is 0 Å². The Balaban J connectivity index is 1.44. The molecule has 0 unspecified atom stereocenters. The van der Waals surface area contributed by atoms with Crippen LogP contribution in [0.15, 0.2) is 96.2 Å². The van der Waals surface area contributed by atoms with Gasteiger partial charge in [0.2, 0.25) is 0 Å². The molecule has 0 aliphatic carbocycles. The summed E-state index contributed by atoms with van der Waals surface area (Å²) in [6.07, 6.45) is 2.94. The van der Waals surface area contributed by atoms with Crippen molar-refractivity contribution in [3.63, 3.8) is 0 Å². The molecule has 1 N–H and O–H groups in total. The first-order valence-corrected chi connectivity index (χ1v) is 14.3. The van der Waals surface area contributed by atoms with Crippen LogP contribution in [0.25, 0.3) is 0 Å². The Labute approximate surface area is 234 Å². The highest BCUT2D eigenvalue weighted by molar-refractivity contribution is 7.98. The Hall–Kier alpha value is -3.35. The zero-order chi connectivity index (χ0) is 26.6. The molecule has 0 spiro atoms. The van der Waals surface area contributed by atoms with E-state index < -0.39 is 0 Å². The summed E-state index contributed by atoms with van der Waals surface area (Å²) in [6, 6.07) is 30.4. The molecule has 0 fully saturated rings. The van der Waals surface area contributed by atoms with Crippen LogP contribution in [0.2, 0.25) is 5.15 Å². The molecule has 1 amide bonds. The van der Waals surface area contributed by atoms with E-state index in [2.05, 4.69) is 70.7 Å². The molecule has 1 aromatic heterocycles. The summed E-state index contributed by atoms with van der Waals surface area (Å²) in [7, 11) is 0. The fourth-order valence-electron chi connectivity index (χ4n) is 3.98. The van der Waals surface area contributed by atoms with E-state index in [4.69, 9.17) is 16.6 Å². The van der Waals surface area contributed by atoms with Crippen molar-refractivity contribution in [2.24, 2.45) is 0 Å². The van der Waals surface area contributed by atoms with E-state index in [1.165, 1.54) is 22.9 Å². The van der Waals surface area contributed by atoms with Crippen LogP contribution in [0.3, 0.4) is 0 Å². The van der Waals surface area contributed by atoms with E-state index in [1.54, 1.807) is 0 Å². The third-order valence-electron chi connectivity index (χ3n) is 6.11. The molecule has 0 saturated heterocycles. The van der Waals surface area contributed by atoms with Crippen molar-refractivity contribution in [1.29, 1.82) is 0 Å². The minimum absolute atomic E-state index is 0.0329. The quantitative estimate of drug-likeness (QED) is 0.0834. The molecule has 0 radical (unpaired) electrons. The lowest BCUT2D eigenvalue weighted by Crippen LogP contribution is -2.26. The predicted molar refractivity (Wildman–Crippen MR) is 158 cm³/mol. The highest BCUT2D eigenvalue weighted by Crippen LogP contribution is 2.26. The van der Waals surface area contributed by atoms with Gasteiger partial charge in [-0.15, -0.1) is 0 Å². The van der Waals surface area contributed by atoms with Crippen molar-refractivity contribution >= 4 is 35.1 Å². The average molecular weight is 545 g/mol.